The number of fused-ring (bicyclic) bond motifs is 3. The molecule has 9 rings (SSSR count). The van der Waals surface area contributed by atoms with Crippen molar-refractivity contribution in [2.24, 2.45) is 0 Å². The molecule has 0 bridgehead atoms. The van der Waals surface area contributed by atoms with E-state index >= 15 is 0 Å². The zero-order valence-electron chi connectivity index (χ0n) is 26.6. The number of nitrogens with zero attached hydrogens (tertiary/aromatic N) is 3. The van der Waals surface area contributed by atoms with Crippen molar-refractivity contribution in [2.45, 2.75) is 0 Å². The molecule has 1 aromatic heterocycles. The van der Waals surface area contributed by atoms with Crippen molar-refractivity contribution < 1.29 is 0 Å². The van der Waals surface area contributed by atoms with Gasteiger partial charge >= 0.3 is 0 Å². The van der Waals surface area contributed by atoms with E-state index < -0.39 is 0 Å². The molecule has 0 saturated heterocycles. The number of hydrogen-bond acceptors (Lipinski definition) is 2. The summed E-state index contributed by atoms with van der Waals surface area (Å²) in [5.74, 6) is 0.924. The fourth-order valence-electron chi connectivity index (χ4n) is 6.89. The third-order valence-electron chi connectivity index (χ3n) is 9.42. The average molecular weight is 624 g/mol. The maximum absolute atomic E-state index is 9.13. The lowest BCUT2D eigenvalue weighted by Crippen LogP contribution is -1.99. The first kappa shape index (κ1) is 28.5. The van der Waals surface area contributed by atoms with E-state index in [0.29, 0.717) is 5.56 Å². The van der Waals surface area contributed by atoms with Gasteiger partial charge in [0, 0.05) is 11.3 Å². The van der Waals surface area contributed by atoms with Crippen molar-refractivity contribution >= 4 is 32.6 Å². The van der Waals surface area contributed by atoms with Crippen molar-refractivity contribution in [1.82, 2.24) is 9.55 Å². The second-order valence-electron chi connectivity index (χ2n) is 12.4. The lowest BCUT2D eigenvalue weighted by atomic mass is 9.92. The van der Waals surface area contributed by atoms with E-state index in [0.717, 1.165) is 50.4 Å². The van der Waals surface area contributed by atoms with E-state index in [1.165, 1.54) is 32.7 Å². The van der Waals surface area contributed by atoms with Crippen LogP contribution in [0.3, 0.4) is 0 Å². The van der Waals surface area contributed by atoms with Crippen LogP contribution < -0.4 is 0 Å². The predicted molar refractivity (Wildman–Crippen MR) is 203 cm³/mol. The third-order valence-corrected chi connectivity index (χ3v) is 9.42. The molecular weight excluding hydrogens is 595 g/mol. The van der Waals surface area contributed by atoms with Gasteiger partial charge in [-0.05, 0) is 116 Å². The summed E-state index contributed by atoms with van der Waals surface area (Å²) in [6.07, 6.45) is 0. The first-order chi connectivity index (χ1) is 24.2. The number of aromatic nitrogens is 2. The highest BCUT2D eigenvalue weighted by atomic mass is 15.1. The summed E-state index contributed by atoms with van der Waals surface area (Å²) in [5.41, 5.74) is 11.8. The van der Waals surface area contributed by atoms with E-state index in [1.807, 2.05) is 24.3 Å². The van der Waals surface area contributed by atoms with Gasteiger partial charge in [0.2, 0.25) is 0 Å². The monoisotopic (exact) mass is 623 g/mol. The molecule has 8 aromatic carbocycles. The Bertz CT molecular complexity index is 2700. The van der Waals surface area contributed by atoms with Crippen molar-refractivity contribution in [3.8, 4) is 56.5 Å². The number of nitriles is 1. The standard InChI is InChI=1S/C46H29N3/c47-30-31-14-16-32(17-15-31)33-18-20-34(21-19-33)37-22-23-39-27-40(25-24-38(39)26-37)42-28-35-8-4-5-9-36(35)29-43(42)46-48-44-12-6-7-13-45(44)49(46)41-10-2-1-3-11-41/h1-29H. The Kier molecular flexibility index (Phi) is 6.85. The maximum atomic E-state index is 9.13. The molecule has 0 fully saturated rings. The highest BCUT2D eigenvalue weighted by molar-refractivity contribution is 5.99. The molecular formula is C46H29N3. The number of para-hydroxylation sites is 3. The van der Waals surface area contributed by atoms with Gasteiger partial charge in [0.25, 0.3) is 0 Å². The number of benzene rings is 8. The van der Waals surface area contributed by atoms with Gasteiger partial charge in [-0.15, -0.1) is 0 Å². The molecule has 0 amide bonds. The molecule has 0 saturated carbocycles. The molecule has 0 aliphatic heterocycles. The lowest BCUT2D eigenvalue weighted by Gasteiger charge is -2.15. The van der Waals surface area contributed by atoms with Crippen LogP contribution >= 0.6 is 0 Å². The Labute approximate surface area is 284 Å². The summed E-state index contributed by atoms with van der Waals surface area (Å²) in [6.45, 7) is 0. The van der Waals surface area contributed by atoms with Crippen LogP contribution in [0.1, 0.15) is 5.56 Å². The van der Waals surface area contributed by atoms with Crippen LogP contribution in [-0.2, 0) is 0 Å². The lowest BCUT2D eigenvalue weighted by molar-refractivity contribution is 1.10. The molecule has 0 spiro atoms. The molecule has 3 heteroatoms. The first-order valence-electron chi connectivity index (χ1n) is 16.4. The van der Waals surface area contributed by atoms with Crippen LogP contribution in [0.4, 0.5) is 0 Å². The maximum Gasteiger partial charge on any atom is 0.146 e. The topological polar surface area (TPSA) is 41.6 Å². The first-order valence-corrected chi connectivity index (χ1v) is 16.4. The van der Waals surface area contributed by atoms with E-state index in [2.05, 4.69) is 162 Å². The fraction of sp³-hybridized carbons (Fsp3) is 0. The Morgan fingerprint density at radius 2 is 0.939 bits per heavy atom. The summed E-state index contributed by atoms with van der Waals surface area (Å²) in [4.78, 5) is 5.24. The minimum Gasteiger partial charge on any atom is -0.292 e. The fourth-order valence-corrected chi connectivity index (χ4v) is 6.89. The Hall–Kier alpha value is -6.76. The molecule has 0 N–H and O–H groups in total. The average Bonchev–Trinajstić information content (AvgIpc) is 3.57. The van der Waals surface area contributed by atoms with Crippen LogP contribution in [0.2, 0.25) is 0 Å². The highest BCUT2D eigenvalue weighted by Crippen LogP contribution is 2.39. The summed E-state index contributed by atoms with van der Waals surface area (Å²) >= 11 is 0. The van der Waals surface area contributed by atoms with E-state index in [-0.39, 0.29) is 0 Å². The van der Waals surface area contributed by atoms with Gasteiger partial charge in [0.05, 0.1) is 22.7 Å². The molecule has 0 radical (unpaired) electrons. The zero-order valence-corrected chi connectivity index (χ0v) is 26.6. The SMILES string of the molecule is N#Cc1ccc(-c2ccc(-c3ccc4cc(-c5cc6ccccc6cc5-c5nc6ccccc6n5-c5ccccc5)ccc4c3)cc2)cc1. The van der Waals surface area contributed by atoms with Crippen LogP contribution in [0.25, 0.3) is 83.0 Å². The minimum absolute atomic E-state index is 0.670. The highest BCUT2D eigenvalue weighted by Gasteiger charge is 2.19. The second kappa shape index (κ2) is 11.8. The predicted octanol–water partition coefficient (Wildman–Crippen LogP) is 11.9. The zero-order chi connectivity index (χ0) is 32.7. The van der Waals surface area contributed by atoms with Crippen molar-refractivity contribution in [1.29, 1.82) is 5.26 Å². The van der Waals surface area contributed by atoms with Gasteiger partial charge in [0.1, 0.15) is 5.82 Å². The molecule has 49 heavy (non-hydrogen) atoms. The van der Waals surface area contributed by atoms with Crippen LogP contribution in [0.15, 0.2) is 176 Å². The van der Waals surface area contributed by atoms with Crippen molar-refractivity contribution in [2.75, 3.05) is 0 Å². The van der Waals surface area contributed by atoms with E-state index in [1.54, 1.807) is 0 Å². The molecule has 228 valence electrons. The summed E-state index contributed by atoms with van der Waals surface area (Å²) < 4.78 is 2.28. The van der Waals surface area contributed by atoms with Crippen molar-refractivity contribution in [3.05, 3.63) is 181 Å². The molecule has 0 atom stereocenters. The Morgan fingerprint density at radius 3 is 1.63 bits per heavy atom. The van der Waals surface area contributed by atoms with E-state index in [9.17, 15) is 0 Å². The molecule has 0 unspecified atom stereocenters. The number of imidazole rings is 1. The molecule has 9 aromatic rings. The molecule has 1 heterocycles. The number of rotatable bonds is 5. The van der Waals surface area contributed by atoms with Crippen LogP contribution in [-0.4, -0.2) is 9.55 Å². The molecule has 0 aliphatic carbocycles. The van der Waals surface area contributed by atoms with Gasteiger partial charge < -0.3 is 0 Å². The molecule has 0 aliphatic rings. The Morgan fingerprint density at radius 1 is 0.429 bits per heavy atom. The second-order valence-corrected chi connectivity index (χ2v) is 12.4. The van der Waals surface area contributed by atoms with Gasteiger partial charge in [-0.25, -0.2) is 4.98 Å². The van der Waals surface area contributed by atoms with E-state index in [4.69, 9.17) is 10.2 Å². The van der Waals surface area contributed by atoms with Crippen molar-refractivity contribution in [3.63, 3.8) is 0 Å². The van der Waals surface area contributed by atoms with Gasteiger partial charge in [-0.2, -0.15) is 5.26 Å². The van der Waals surface area contributed by atoms with Gasteiger partial charge in [-0.1, -0.05) is 115 Å². The van der Waals surface area contributed by atoms with Crippen LogP contribution in [0, 0.1) is 11.3 Å². The Balaban J connectivity index is 1.14. The third kappa shape index (κ3) is 5.13. The summed E-state index contributed by atoms with van der Waals surface area (Å²) in [7, 11) is 0. The summed E-state index contributed by atoms with van der Waals surface area (Å²) in [6, 6.07) is 64.1. The smallest absolute Gasteiger partial charge is 0.146 e. The quantitative estimate of drug-likeness (QED) is 0.191. The minimum atomic E-state index is 0.670. The summed E-state index contributed by atoms with van der Waals surface area (Å²) in [5, 5.41) is 13.9. The normalized spacial score (nSPS) is 11.2. The number of hydrogen-bond donors (Lipinski definition) is 0. The van der Waals surface area contributed by atoms with Gasteiger partial charge in [-0.3, -0.25) is 4.57 Å². The molecule has 3 nitrogen and oxygen atoms in total. The largest absolute Gasteiger partial charge is 0.292 e. The van der Waals surface area contributed by atoms with Crippen LogP contribution in [0.5, 0.6) is 0 Å². The van der Waals surface area contributed by atoms with Gasteiger partial charge in [0.15, 0.2) is 0 Å².